The van der Waals surface area contributed by atoms with Gasteiger partial charge in [-0.3, -0.25) is 4.79 Å². The number of hydrogen-bond acceptors (Lipinski definition) is 2. The average Bonchev–Trinajstić information content (AvgIpc) is 2.20. The smallest absolute Gasteiger partial charge is 0.377 e. The summed E-state index contributed by atoms with van der Waals surface area (Å²) in [4.78, 5) is 22.0. The fourth-order valence-corrected chi connectivity index (χ4v) is 1.66. The van der Waals surface area contributed by atoms with Crippen LogP contribution in [0.2, 0.25) is 0 Å². The Morgan fingerprint density at radius 3 is 2.33 bits per heavy atom. The molecule has 0 spiro atoms. The lowest BCUT2D eigenvalue weighted by atomic mass is 9.93. The molecule has 0 atom stereocenters. The van der Waals surface area contributed by atoms with Crippen LogP contribution in [0, 0.1) is 13.8 Å². The fourth-order valence-electron chi connectivity index (χ4n) is 1.66. The lowest BCUT2D eigenvalue weighted by Crippen LogP contribution is -2.15. The number of aryl methyl sites for hydroxylation is 1. The van der Waals surface area contributed by atoms with Gasteiger partial charge < -0.3 is 5.11 Å². The first-order valence-electron chi connectivity index (χ1n) is 4.85. The molecule has 0 unspecified atom stereocenters. The zero-order chi connectivity index (χ0) is 11.6. The Kier molecular flexibility index (Phi) is 3.24. The van der Waals surface area contributed by atoms with E-state index < -0.39 is 11.8 Å². The third-order valence-corrected chi connectivity index (χ3v) is 2.66. The van der Waals surface area contributed by atoms with E-state index in [1.54, 1.807) is 12.1 Å². The molecule has 0 radical (unpaired) electrons. The zero-order valence-corrected chi connectivity index (χ0v) is 9.13. The summed E-state index contributed by atoms with van der Waals surface area (Å²) in [5.74, 6) is -2.22. The largest absolute Gasteiger partial charge is 0.475 e. The number of carboxylic acid groups (broad SMARTS) is 1. The van der Waals surface area contributed by atoms with Gasteiger partial charge in [0.15, 0.2) is 0 Å². The lowest BCUT2D eigenvalue weighted by molar-refractivity contribution is -0.131. The Morgan fingerprint density at radius 2 is 1.87 bits per heavy atom. The van der Waals surface area contributed by atoms with Crippen LogP contribution in [0.4, 0.5) is 0 Å². The molecular formula is C12H14O3. The molecule has 0 aliphatic carbocycles. The van der Waals surface area contributed by atoms with E-state index in [0.29, 0.717) is 12.0 Å². The summed E-state index contributed by atoms with van der Waals surface area (Å²) in [5.41, 5.74) is 3.23. The van der Waals surface area contributed by atoms with E-state index >= 15 is 0 Å². The van der Waals surface area contributed by atoms with Crippen molar-refractivity contribution in [2.45, 2.75) is 27.2 Å². The third kappa shape index (κ3) is 2.06. The highest BCUT2D eigenvalue weighted by molar-refractivity contribution is 6.40. The van der Waals surface area contributed by atoms with Gasteiger partial charge in [0, 0.05) is 5.56 Å². The van der Waals surface area contributed by atoms with Crippen LogP contribution in [0.15, 0.2) is 12.1 Å². The molecule has 0 heterocycles. The molecule has 1 rings (SSSR count). The second-order valence-electron chi connectivity index (χ2n) is 3.52. The van der Waals surface area contributed by atoms with Gasteiger partial charge in [0.25, 0.3) is 5.78 Å². The van der Waals surface area contributed by atoms with E-state index in [9.17, 15) is 9.59 Å². The van der Waals surface area contributed by atoms with Gasteiger partial charge in [0.2, 0.25) is 0 Å². The van der Waals surface area contributed by atoms with E-state index in [-0.39, 0.29) is 0 Å². The van der Waals surface area contributed by atoms with Crippen molar-refractivity contribution < 1.29 is 14.7 Å². The van der Waals surface area contributed by atoms with Crippen molar-refractivity contribution in [3.63, 3.8) is 0 Å². The van der Waals surface area contributed by atoms with Crippen molar-refractivity contribution >= 4 is 11.8 Å². The minimum Gasteiger partial charge on any atom is -0.475 e. The molecule has 3 nitrogen and oxygen atoms in total. The maximum atomic E-state index is 11.4. The second-order valence-corrected chi connectivity index (χ2v) is 3.52. The van der Waals surface area contributed by atoms with Gasteiger partial charge in [-0.2, -0.15) is 0 Å². The molecule has 0 aliphatic heterocycles. The zero-order valence-electron chi connectivity index (χ0n) is 9.13. The van der Waals surface area contributed by atoms with Crippen LogP contribution < -0.4 is 0 Å². The van der Waals surface area contributed by atoms with Gasteiger partial charge in [-0.25, -0.2) is 4.79 Å². The summed E-state index contributed by atoms with van der Waals surface area (Å²) >= 11 is 0. The molecule has 15 heavy (non-hydrogen) atoms. The standard InChI is InChI=1S/C12H14O3/c1-4-9-8(3)7(2)5-6-10(9)11(13)12(14)15/h5-6H,4H2,1-3H3,(H,14,15). The van der Waals surface area contributed by atoms with Crippen LogP contribution in [-0.2, 0) is 11.2 Å². The maximum Gasteiger partial charge on any atom is 0.377 e. The maximum absolute atomic E-state index is 11.4. The predicted molar refractivity (Wildman–Crippen MR) is 57.3 cm³/mol. The highest BCUT2D eigenvalue weighted by Crippen LogP contribution is 2.19. The van der Waals surface area contributed by atoms with Gasteiger partial charge in [-0.15, -0.1) is 0 Å². The first-order chi connectivity index (χ1) is 6.99. The van der Waals surface area contributed by atoms with Crippen molar-refractivity contribution in [3.8, 4) is 0 Å². The molecule has 0 aliphatic rings. The molecule has 0 aromatic heterocycles. The number of benzene rings is 1. The van der Waals surface area contributed by atoms with E-state index in [2.05, 4.69) is 0 Å². The van der Waals surface area contributed by atoms with Gasteiger partial charge in [0.1, 0.15) is 0 Å². The topological polar surface area (TPSA) is 54.4 Å². The summed E-state index contributed by atoms with van der Waals surface area (Å²) < 4.78 is 0. The Morgan fingerprint density at radius 1 is 1.27 bits per heavy atom. The molecule has 0 saturated heterocycles. The van der Waals surface area contributed by atoms with Crippen molar-refractivity contribution in [2.24, 2.45) is 0 Å². The number of Topliss-reactive ketones (excluding diaryl/α,β-unsaturated/α-hetero) is 1. The quantitative estimate of drug-likeness (QED) is 0.609. The van der Waals surface area contributed by atoms with Crippen LogP contribution in [0.5, 0.6) is 0 Å². The summed E-state index contributed by atoms with van der Waals surface area (Å²) in [6, 6.07) is 3.38. The minimum absolute atomic E-state index is 0.313. The van der Waals surface area contributed by atoms with Crippen LogP contribution in [0.1, 0.15) is 34.0 Å². The van der Waals surface area contributed by atoms with Gasteiger partial charge in [0.05, 0.1) is 0 Å². The first kappa shape index (κ1) is 11.4. The molecule has 0 saturated carbocycles. The summed E-state index contributed by atoms with van der Waals surface area (Å²) in [6.07, 6.45) is 0.669. The molecule has 1 N–H and O–H groups in total. The number of carboxylic acids is 1. The highest BCUT2D eigenvalue weighted by Gasteiger charge is 2.19. The molecular weight excluding hydrogens is 192 g/mol. The molecule has 80 valence electrons. The van der Waals surface area contributed by atoms with Gasteiger partial charge in [-0.1, -0.05) is 19.1 Å². The van der Waals surface area contributed by atoms with Crippen molar-refractivity contribution in [3.05, 3.63) is 34.4 Å². The number of aliphatic carboxylic acids is 1. The van der Waals surface area contributed by atoms with Gasteiger partial charge in [-0.05, 0) is 37.0 Å². The summed E-state index contributed by atoms with van der Waals surface area (Å²) in [6.45, 7) is 5.77. The molecule has 0 amide bonds. The number of ketones is 1. The number of carbonyl (C=O) groups is 2. The Balaban J connectivity index is 3.37. The number of rotatable bonds is 3. The normalized spacial score (nSPS) is 10.1. The molecule has 3 heteroatoms. The summed E-state index contributed by atoms with van der Waals surface area (Å²) in [7, 11) is 0. The highest BCUT2D eigenvalue weighted by atomic mass is 16.4. The SMILES string of the molecule is CCc1c(C(=O)C(=O)O)ccc(C)c1C. The fraction of sp³-hybridized carbons (Fsp3) is 0.333. The molecule has 0 fully saturated rings. The van der Waals surface area contributed by atoms with E-state index in [1.807, 2.05) is 20.8 Å². The minimum atomic E-state index is -1.40. The monoisotopic (exact) mass is 206 g/mol. The van der Waals surface area contributed by atoms with E-state index in [4.69, 9.17) is 5.11 Å². The van der Waals surface area contributed by atoms with Crippen LogP contribution in [0.25, 0.3) is 0 Å². The third-order valence-electron chi connectivity index (χ3n) is 2.66. The lowest BCUT2D eigenvalue weighted by Gasteiger charge is -2.10. The van der Waals surface area contributed by atoms with E-state index in [0.717, 1.165) is 16.7 Å². The van der Waals surface area contributed by atoms with Gasteiger partial charge >= 0.3 is 5.97 Å². The van der Waals surface area contributed by atoms with Crippen LogP contribution in [0.3, 0.4) is 0 Å². The summed E-state index contributed by atoms with van der Waals surface area (Å²) in [5, 5.41) is 8.67. The Bertz CT molecular complexity index is 419. The molecule has 0 bridgehead atoms. The Labute approximate surface area is 88.7 Å². The van der Waals surface area contributed by atoms with E-state index in [1.165, 1.54) is 0 Å². The first-order valence-corrected chi connectivity index (χ1v) is 4.85. The number of hydrogen-bond donors (Lipinski definition) is 1. The number of carbonyl (C=O) groups excluding carboxylic acids is 1. The second kappa shape index (κ2) is 4.26. The average molecular weight is 206 g/mol. The predicted octanol–water partition coefficient (Wildman–Crippen LogP) is 2.13. The van der Waals surface area contributed by atoms with Crippen molar-refractivity contribution in [1.29, 1.82) is 0 Å². The van der Waals surface area contributed by atoms with Crippen molar-refractivity contribution in [2.75, 3.05) is 0 Å². The van der Waals surface area contributed by atoms with Crippen LogP contribution in [-0.4, -0.2) is 16.9 Å². The molecule has 1 aromatic carbocycles. The van der Waals surface area contributed by atoms with Crippen LogP contribution >= 0.6 is 0 Å². The Hall–Kier alpha value is -1.64. The molecule has 1 aromatic rings. The van der Waals surface area contributed by atoms with Crippen molar-refractivity contribution in [1.82, 2.24) is 0 Å².